The summed E-state index contributed by atoms with van der Waals surface area (Å²) >= 11 is 5.27. The highest BCUT2D eigenvalue weighted by molar-refractivity contribution is 7.71. The second-order valence-electron chi connectivity index (χ2n) is 5.02. The van der Waals surface area contributed by atoms with Gasteiger partial charge in [0.15, 0.2) is 4.77 Å². The summed E-state index contributed by atoms with van der Waals surface area (Å²) in [5, 5.41) is 0. The van der Waals surface area contributed by atoms with Gasteiger partial charge in [-0.1, -0.05) is 19.8 Å². The van der Waals surface area contributed by atoms with E-state index < -0.39 is 0 Å². The van der Waals surface area contributed by atoms with Crippen LogP contribution in [0.1, 0.15) is 38.3 Å². The van der Waals surface area contributed by atoms with Crippen LogP contribution in [0.4, 0.5) is 0 Å². The van der Waals surface area contributed by atoms with E-state index in [0.29, 0.717) is 0 Å². The van der Waals surface area contributed by atoms with Crippen molar-refractivity contribution in [2.45, 2.75) is 46.1 Å². The predicted octanol–water partition coefficient (Wildman–Crippen LogP) is 3.68. The van der Waals surface area contributed by atoms with Crippen LogP contribution in [-0.2, 0) is 6.54 Å². The lowest BCUT2D eigenvalue weighted by Gasteiger charge is -2.26. The number of imidazole rings is 1. The fraction of sp³-hybridized carbons (Fsp3) is 0.750. The first-order chi connectivity index (χ1) is 7.15. The van der Waals surface area contributed by atoms with Crippen LogP contribution in [0.5, 0.6) is 0 Å². The predicted molar refractivity (Wildman–Crippen MR) is 65.5 cm³/mol. The molecule has 1 aromatic heterocycles. The number of hydrogen-bond acceptors (Lipinski definition) is 1. The monoisotopic (exact) mass is 224 g/mol. The fourth-order valence-corrected chi connectivity index (χ4v) is 2.78. The molecule has 0 spiro atoms. The van der Waals surface area contributed by atoms with Gasteiger partial charge in [-0.2, -0.15) is 0 Å². The van der Waals surface area contributed by atoms with Crippen molar-refractivity contribution in [2.24, 2.45) is 11.8 Å². The van der Waals surface area contributed by atoms with E-state index in [4.69, 9.17) is 12.2 Å². The lowest BCUT2D eigenvalue weighted by Crippen LogP contribution is -2.17. The van der Waals surface area contributed by atoms with Gasteiger partial charge in [0.2, 0.25) is 0 Å². The normalized spacial score (nSPS) is 26.8. The van der Waals surface area contributed by atoms with Crippen LogP contribution in [-0.4, -0.2) is 9.55 Å². The second kappa shape index (κ2) is 4.52. The van der Waals surface area contributed by atoms with Crippen molar-refractivity contribution in [3.8, 4) is 0 Å². The SMILES string of the molecule is Cc1cn(CC2CCC(C)CC2)c(=S)[nH]1. The highest BCUT2D eigenvalue weighted by atomic mass is 32.1. The minimum Gasteiger partial charge on any atom is -0.335 e. The van der Waals surface area contributed by atoms with E-state index in [-0.39, 0.29) is 0 Å². The van der Waals surface area contributed by atoms with Gasteiger partial charge in [-0.25, -0.2) is 0 Å². The molecular formula is C12H20N2S. The highest BCUT2D eigenvalue weighted by Gasteiger charge is 2.18. The van der Waals surface area contributed by atoms with Crippen LogP contribution in [0.25, 0.3) is 0 Å². The molecule has 2 rings (SSSR count). The van der Waals surface area contributed by atoms with E-state index in [1.54, 1.807) is 0 Å². The molecule has 0 bridgehead atoms. The third-order valence-corrected chi connectivity index (χ3v) is 3.84. The number of hydrogen-bond donors (Lipinski definition) is 1. The van der Waals surface area contributed by atoms with Crippen molar-refractivity contribution < 1.29 is 0 Å². The first-order valence-corrected chi connectivity index (χ1v) is 6.32. The molecule has 0 radical (unpaired) electrons. The Kier molecular flexibility index (Phi) is 3.29. The number of H-pyrrole nitrogens is 1. The molecule has 0 aliphatic heterocycles. The lowest BCUT2D eigenvalue weighted by molar-refractivity contribution is 0.264. The van der Waals surface area contributed by atoms with E-state index in [0.717, 1.165) is 23.2 Å². The number of aromatic nitrogens is 2. The molecule has 15 heavy (non-hydrogen) atoms. The number of aryl methyl sites for hydroxylation is 1. The van der Waals surface area contributed by atoms with E-state index in [1.807, 2.05) is 0 Å². The molecule has 0 atom stereocenters. The van der Waals surface area contributed by atoms with E-state index >= 15 is 0 Å². The maximum atomic E-state index is 5.27. The van der Waals surface area contributed by atoms with Crippen LogP contribution < -0.4 is 0 Å². The summed E-state index contributed by atoms with van der Waals surface area (Å²) in [6.07, 6.45) is 7.66. The summed E-state index contributed by atoms with van der Waals surface area (Å²) in [5.41, 5.74) is 1.17. The molecule has 3 heteroatoms. The van der Waals surface area contributed by atoms with Gasteiger partial charge in [-0.05, 0) is 43.8 Å². The highest BCUT2D eigenvalue weighted by Crippen LogP contribution is 2.29. The molecule has 1 aromatic rings. The smallest absolute Gasteiger partial charge is 0.177 e. The molecule has 0 aromatic carbocycles. The van der Waals surface area contributed by atoms with Crippen LogP contribution in [0.2, 0.25) is 0 Å². The molecule has 1 fully saturated rings. The van der Waals surface area contributed by atoms with Gasteiger partial charge in [0.25, 0.3) is 0 Å². The van der Waals surface area contributed by atoms with Crippen molar-refractivity contribution >= 4 is 12.2 Å². The Bertz CT molecular complexity index is 369. The van der Waals surface area contributed by atoms with Crippen molar-refractivity contribution in [1.82, 2.24) is 9.55 Å². The quantitative estimate of drug-likeness (QED) is 0.760. The van der Waals surface area contributed by atoms with Crippen LogP contribution in [0, 0.1) is 23.5 Å². The second-order valence-corrected chi connectivity index (χ2v) is 5.41. The molecule has 84 valence electrons. The standard InChI is InChI=1S/C12H20N2S/c1-9-3-5-11(6-4-9)8-14-7-10(2)13-12(14)15/h7,9,11H,3-6,8H2,1-2H3,(H,13,15). The molecule has 0 saturated heterocycles. The van der Waals surface area contributed by atoms with E-state index in [1.165, 1.54) is 31.4 Å². The van der Waals surface area contributed by atoms with Gasteiger partial charge in [-0.3, -0.25) is 0 Å². The Balaban J connectivity index is 1.97. The molecule has 0 unspecified atom stereocenters. The zero-order valence-electron chi connectivity index (χ0n) is 9.62. The van der Waals surface area contributed by atoms with Gasteiger partial charge in [0, 0.05) is 18.4 Å². The summed E-state index contributed by atoms with van der Waals surface area (Å²) < 4.78 is 3.08. The van der Waals surface area contributed by atoms with Crippen molar-refractivity contribution in [3.05, 3.63) is 16.7 Å². The minimum absolute atomic E-state index is 0.836. The number of aromatic amines is 1. The van der Waals surface area contributed by atoms with Gasteiger partial charge < -0.3 is 9.55 Å². The lowest BCUT2D eigenvalue weighted by atomic mass is 9.83. The average Bonchev–Trinajstić information content (AvgIpc) is 2.49. The largest absolute Gasteiger partial charge is 0.335 e. The number of rotatable bonds is 2. The molecule has 1 heterocycles. The van der Waals surface area contributed by atoms with E-state index in [2.05, 4.69) is 29.6 Å². The van der Waals surface area contributed by atoms with Crippen LogP contribution >= 0.6 is 12.2 Å². The molecule has 1 saturated carbocycles. The summed E-state index contributed by atoms with van der Waals surface area (Å²) in [4.78, 5) is 3.18. The molecule has 1 aliphatic carbocycles. The fourth-order valence-electron chi connectivity index (χ4n) is 2.49. The number of nitrogens with zero attached hydrogens (tertiary/aromatic N) is 1. The van der Waals surface area contributed by atoms with Gasteiger partial charge in [0.1, 0.15) is 0 Å². The van der Waals surface area contributed by atoms with E-state index in [9.17, 15) is 0 Å². The summed E-state index contributed by atoms with van der Waals surface area (Å²) in [6, 6.07) is 0. The zero-order valence-corrected chi connectivity index (χ0v) is 10.4. The van der Waals surface area contributed by atoms with Gasteiger partial charge in [-0.15, -0.1) is 0 Å². The number of nitrogens with one attached hydrogen (secondary N) is 1. The summed E-state index contributed by atoms with van der Waals surface area (Å²) in [7, 11) is 0. The first-order valence-electron chi connectivity index (χ1n) is 5.91. The molecule has 1 aliphatic rings. The first kappa shape index (κ1) is 10.9. The maximum absolute atomic E-state index is 5.27. The summed E-state index contributed by atoms with van der Waals surface area (Å²) in [5.74, 6) is 1.77. The zero-order chi connectivity index (χ0) is 10.8. The Morgan fingerprint density at radius 2 is 2.07 bits per heavy atom. The van der Waals surface area contributed by atoms with Crippen molar-refractivity contribution in [3.63, 3.8) is 0 Å². The Morgan fingerprint density at radius 3 is 2.60 bits per heavy atom. The third kappa shape index (κ3) is 2.71. The average molecular weight is 224 g/mol. The molecular weight excluding hydrogens is 204 g/mol. The molecule has 0 amide bonds. The Labute approximate surface area is 96.7 Å². The topological polar surface area (TPSA) is 20.7 Å². The van der Waals surface area contributed by atoms with Crippen LogP contribution in [0.3, 0.4) is 0 Å². The van der Waals surface area contributed by atoms with Gasteiger partial charge in [0.05, 0.1) is 0 Å². The maximum Gasteiger partial charge on any atom is 0.177 e. The van der Waals surface area contributed by atoms with Crippen molar-refractivity contribution in [1.29, 1.82) is 0 Å². The van der Waals surface area contributed by atoms with Crippen LogP contribution in [0.15, 0.2) is 6.20 Å². The minimum atomic E-state index is 0.836. The Hall–Kier alpha value is -0.570. The van der Waals surface area contributed by atoms with Gasteiger partial charge >= 0.3 is 0 Å². The third-order valence-electron chi connectivity index (χ3n) is 3.50. The summed E-state index contributed by atoms with van der Waals surface area (Å²) in [6.45, 7) is 5.54. The van der Waals surface area contributed by atoms with Crippen molar-refractivity contribution in [2.75, 3.05) is 0 Å². The molecule has 1 N–H and O–H groups in total. The Morgan fingerprint density at radius 1 is 1.40 bits per heavy atom. The molecule has 2 nitrogen and oxygen atoms in total.